The van der Waals surface area contributed by atoms with E-state index in [9.17, 15) is 0 Å². The average molecular weight is 326 g/mol. The van der Waals surface area contributed by atoms with Crippen LogP contribution in [0.25, 0.3) is 10.9 Å². The lowest BCUT2D eigenvalue weighted by molar-refractivity contribution is 0.804. The Balaban J connectivity index is 2.74. The first-order valence-corrected chi connectivity index (χ1v) is 6.75. The first-order chi connectivity index (χ1) is 7.59. The van der Waals surface area contributed by atoms with Crippen LogP contribution in [0.5, 0.6) is 0 Å². The van der Waals surface area contributed by atoms with Crippen molar-refractivity contribution >= 4 is 33.5 Å². The minimum absolute atomic E-state index is 0.347. The van der Waals surface area contributed by atoms with Crippen LogP contribution >= 0.6 is 22.6 Å². The molecule has 2 nitrogen and oxygen atoms in total. The van der Waals surface area contributed by atoms with Gasteiger partial charge in [0.05, 0.1) is 15.1 Å². The summed E-state index contributed by atoms with van der Waals surface area (Å²) in [5.41, 5.74) is 2.21. The van der Waals surface area contributed by atoms with Crippen LogP contribution in [-0.2, 0) is 0 Å². The van der Waals surface area contributed by atoms with Gasteiger partial charge in [0.1, 0.15) is 5.82 Å². The summed E-state index contributed by atoms with van der Waals surface area (Å²) >= 11 is 2.36. The van der Waals surface area contributed by atoms with Crippen LogP contribution in [0.15, 0.2) is 24.3 Å². The molecule has 1 aromatic carbocycles. The number of halogens is 1. The molecule has 0 bridgehead atoms. The van der Waals surface area contributed by atoms with Gasteiger partial charge in [0, 0.05) is 5.39 Å². The van der Waals surface area contributed by atoms with Gasteiger partial charge in [0.2, 0.25) is 0 Å². The third-order valence-electron chi connectivity index (χ3n) is 2.55. The van der Waals surface area contributed by atoms with Crippen molar-refractivity contribution in [2.24, 2.45) is 0 Å². The highest BCUT2D eigenvalue weighted by Gasteiger charge is 2.12. The molecule has 0 saturated carbocycles. The molecule has 1 heterocycles. The molecule has 0 amide bonds. The third kappa shape index (κ3) is 2.19. The summed E-state index contributed by atoms with van der Waals surface area (Å²) in [4.78, 5) is 9.28. The molecule has 0 aliphatic heterocycles. The third-order valence-corrected chi connectivity index (χ3v) is 3.11. The quantitative estimate of drug-likeness (QED) is 0.609. The number of rotatable bonds is 2. The van der Waals surface area contributed by atoms with Crippen LogP contribution in [0, 0.1) is 0 Å². The number of para-hydroxylation sites is 1. The van der Waals surface area contributed by atoms with Crippen LogP contribution in [0.3, 0.4) is 0 Å². The number of nitrogens with zero attached hydrogens (tertiary/aromatic N) is 2. The zero-order valence-corrected chi connectivity index (χ0v) is 11.9. The van der Waals surface area contributed by atoms with Crippen LogP contribution < -0.4 is 0 Å². The second kappa shape index (κ2) is 4.65. The minimum atomic E-state index is 0.347. The Kier molecular flexibility index (Phi) is 3.42. The van der Waals surface area contributed by atoms with E-state index >= 15 is 0 Å². The highest BCUT2D eigenvalue weighted by molar-refractivity contribution is 14.1. The molecular weight excluding hydrogens is 311 g/mol. The lowest BCUT2D eigenvalue weighted by Gasteiger charge is -2.12. The van der Waals surface area contributed by atoms with Crippen molar-refractivity contribution < 1.29 is 0 Å². The SMILES string of the molecule is CC(C)c1nc(C(C)I)nc2ccccc12. The van der Waals surface area contributed by atoms with Crippen molar-refractivity contribution in [1.82, 2.24) is 9.97 Å². The molecule has 0 N–H and O–H groups in total. The highest BCUT2D eigenvalue weighted by Crippen LogP contribution is 2.26. The maximum Gasteiger partial charge on any atom is 0.141 e. The van der Waals surface area contributed by atoms with Crippen molar-refractivity contribution in [3.63, 3.8) is 0 Å². The van der Waals surface area contributed by atoms with Gasteiger partial charge in [-0.2, -0.15) is 0 Å². The summed E-state index contributed by atoms with van der Waals surface area (Å²) in [7, 11) is 0. The fourth-order valence-electron chi connectivity index (χ4n) is 1.74. The van der Waals surface area contributed by atoms with E-state index in [4.69, 9.17) is 0 Å². The molecule has 0 aliphatic rings. The van der Waals surface area contributed by atoms with Gasteiger partial charge in [-0.05, 0) is 18.9 Å². The number of benzene rings is 1. The largest absolute Gasteiger partial charge is 0.236 e. The van der Waals surface area contributed by atoms with E-state index in [1.807, 2.05) is 12.1 Å². The molecule has 0 aliphatic carbocycles. The van der Waals surface area contributed by atoms with Crippen LogP contribution in [0.2, 0.25) is 0 Å². The summed E-state index contributed by atoms with van der Waals surface area (Å²) in [6.07, 6.45) is 0. The van der Waals surface area contributed by atoms with Crippen LogP contribution in [0.4, 0.5) is 0 Å². The standard InChI is InChI=1S/C13H15IN2/c1-8(2)12-10-6-4-5-7-11(10)15-13(16-12)9(3)14/h4-9H,1-3H3. The molecule has 2 aromatic rings. The molecule has 3 heteroatoms. The number of fused-ring (bicyclic) bond motifs is 1. The molecule has 84 valence electrons. The molecule has 1 atom stereocenters. The van der Waals surface area contributed by atoms with Gasteiger partial charge >= 0.3 is 0 Å². The van der Waals surface area contributed by atoms with Crippen molar-refractivity contribution in [2.45, 2.75) is 30.6 Å². The Morgan fingerprint density at radius 3 is 2.38 bits per heavy atom. The van der Waals surface area contributed by atoms with Gasteiger partial charge in [-0.15, -0.1) is 0 Å². The Morgan fingerprint density at radius 2 is 1.75 bits per heavy atom. The highest BCUT2D eigenvalue weighted by atomic mass is 127. The Bertz CT molecular complexity index is 506. The Labute approximate surface area is 110 Å². The lowest BCUT2D eigenvalue weighted by Crippen LogP contribution is -2.02. The summed E-state index contributed by atoms with van der Waals surface area (Å²) in [6.45, 7) is 6.47. The fourth-order valence-corrected chi connectivity index (χ4v) is 2.02. The Hall–Kier alpha value is -0.710. The normalized spacial score (nSPS) is 13.3. The number of aromatic nitrogens is 2. The van der Waals surface area contributed by atoms with Crippen molar-refractivity contribution in [2.75, 3.05) is 0 Å². The van der Waals surface area contributed by atoms with E-state index in [0.29, 0.717) is 9.84 Å². The number of alkyl halides is 1. The second-order valence-corrected chi connectivity index (χ2v) is 6.12. The van der Waals surface area contributed by atoms with Gasteiger partial charge in [0.25, 0.3) is 0 Å². The molecule has 0 fully saturated rings. The van der Waals surface area contributed by atoms with Gasteiger partial charge < -0.3 is 0 Å². The first kappa shape index (κ1) is 11.8. The number of hydrogen-bond acceptors (Lipinski definition) is 2. The zero-order valence-electron chi connectivity index (χ0n) is 9.74. The maximum atomic E-state index is 4.68. The van der Waals surface area contributed by atoms with E-state index in [1.165, 1.54) is 5.39 Å². The molecule has 16 heavy (non-hydrogen) atoms. The Morgan fingerprint density at radius 1 is 1.06 bits per heavy atom. The van der Waals surface area contributed by atoms with E-state index in [2.05, 4.69) is 65.5 Å². The topological polar surface area (TPSA) is 25.8 Å². The average Bonchev–Trinajstić information content (AvgIpc) is 2.27. The van der Waals surface area contributed by atoms with E-state index in [1.54, 1.807) is 0 Å². The molecular formula is C13H15IN2. The molecule has 0 spiro atoms. The van der Waals surface area contributed by atoms with Gasteiger partial charge in [-0.25, -0.2) is 9.97 Å². The predicted molar refractivity (Wildman–Crippen MR) is 76.1 cm³/mol. The molecule has 2 rings (SSSR count). The maximum absolute atomic E-state index is 4.68. The first-order valence-electron chi connectivity index (χ1n) is 5.50. The predicted octanol–water partition coefficient (Wildman–Crippen LogP) is 4.25. The summed E-state index contributed by atoms with van der Waals surface area (Å²) < 4.78 is 0.347. The van der Waals surface area contributed by atoms with E-state index in [-0.39, 0.29) is 0 Å². The molecule has 1 unspecified atom stereocenters. The second-order valence-electron chi connectivity index (χ2n) is 4.25. The lowest BCUT2D eigenvalue weighted by atomic mass is 10.0. The van der Waals surface area contributed by atoms with Crippen molar-refractivity contribution in [1.29, 1.82) is 0 Å². The summed E-state index contributed by atoms with van der Waals surface area (Å²) in [5, 5.41) is 1.18. The van der Waals surface area contributed by atoms with Crippen LogP contribution in [0.1, 0.15) is 42.1 Å². The van der Waals surface area contributed by atoms with Gasteiger partial charge in [-0.3, -0.25) is 0 Å². The molecule has 0 saturated heterocycles. The monoisotopic (exact) mass is 326 g/mol. The minimum Gasteiger partial charge on any atom is -0.236 e. The fraction of sp³-hybridized carbons (Fsp3) is 0.385. The van der Waals surface area contributed by atoms with Crippen LogP contribution in [-0.4, -0.2) is 9.97 Å². The van der Waals surface area contributed by atoms with Crippen molar-refractivity contribution in [3.05, 3.63) is 35.8 Å². The number of hydrogen-bond donors (Lipinski definition) is 0. The smallest absolute Gasteiger partial charge is 0.141 e. The van der Waals surface area contributed by atoms with Crippen molar-refractivity contribution in [3.8, 4) is 0 Å². The van der Waals surface area contributed by atoms with E-state index in [0.717, 1.165) is 17.0 Å². The summed E-state index contributed by atoms with van der Waals surface area (Å²) in [6, 6.07) is 8.24. The van der Waals surface area contributed by atoms with Gasteiger partial charge in [-0.1, -0.05) is 54.6 Å². The summed E-state index contributed by atoms with van der Waals surface area (Å²) in [5.74, 6) is 1.37. The van der Waals surface area contributed by atoms with E-state index < -0.39 is 0 Å². The molecule has 1 aromatic heterocycles. The molecule has 0 radical (unpaired) electrons. The zero-order chi connectivity index (χ0) is 11.7. The van der Waals surface area contributed by atoms with Gasteiger partial charge in [0.15, 0.2) is 0 Å².